The van der Waals surface area contributed by atoms with Gasteiger partial charge in [0.1, 0.15) is 6.04 Å². The Balaban J connectivity index is 1.92. The van der Waals surface area contributed by atoms with Crippen LogP contribution in [0.25, 0.3) is 0 Å². The minimum atomic E-state index is -1.09. The molecule has 0 aromatic rings. The first-order valence-corrected chi connectivity index (χ1v) is 5.88. The van der Waals surface area contributed by atoms with Crippen molar-refractivity contribution in [1.29, 1.82) is 0 Å². The van der Waals surface area contributed by atoms with E-state index in [9.17, 15) is 14.7 Å². The van der Waals surface area contributed by atoms with E-state index in [1.54, 1.807) is 5.01 Å². The van der Waals surface area contributed by atoms with E-state index in [1.165, 1.54) is 0 Å². The van der Waals surface area contributed by atoms with Crippen molar-refractivity contribution in [2.45, 2.75) is 18.6 Å². The van der Waals surface area contributed by atoms with E-state index in [4.69, 9.17) is 9.84 Å². The number of urea groups is 1. The van der Waals surface area contributed by atoms with Crippen LogP contribution < -0.4 is 5.43 Å². The number of β-amino-alcohol motifs (C(OH)–C–C–N with tert-alkyl or cyclic N) is 1. The van der Waals surface area contributed by atoms with Crippen molar-refractivity contribution >= 4 is 12.0 Å². The van der Waals surface area contributed by atoms with E-state index in [2.05, 4.69) is 5.43 Å². The number of carboxylic acid groups (broad SMARTS) is 1. The molecule has 2 atom stereocenters. The molecule has 0 bridgehead atoms. The third-order valence-electron chi connectivity index (χ3n) is 3.09. The van der Waals surface area contributed by atoms with Gasteiger partial charge in [0.2, 0.25) is 0 Å². The third-order valence-corrected chi connectivity index (χ3v) is 3.09. The second-order valence-corrected chi connectivity index (χ2v) is 4.41. The molecule has 0 aliphatic carbocycles. The van der Waals surface area contributed by atoms with Gasteiger partial charge in [-0.05, 0) is 0 Å². The van der Waals surface area contributed by atoms with Gasteiger partial charge in [0.25, 0.3) is 0 Å². The van der Waals surface area contributed by atoms with Gasteiger partial charge in [0.15, 0.2) is 0 Å². The molecule has 2 heterocycles. The third kappa shape index (κ3) is 2.89. The number of hydrogen-bond acceptors (Lipinski definition) is 5. The minimum Gasteiger partial charge on any atom is -0.480 e. The van der Waals surface area contributed by atoms with E-state index in [-0.39, 0.29) is 13.0 Å². The summed E-state index contributed by atoms with van der Waals surface area (Å²) in [5.41, 5.74) is 2.63. The Labute approximate surface area is 104 Å². The predicted octanol–water partition coefficient (Wildman–Crippen LogP) is -1.54. The molecule has 102 valence electrons. The SMILES string of the molecule is O=C(O)[C@@H]1C[C@@H](O)CN1C(=O)NN1CCOCC1. The summed E-state index contributed by atoms with van der Waals surface area (Å²) in [5.74, 6) is -1.09. The molecule has 3 N–H and O–H groups in total. The van der Waals surface area contributed by atoms with Crippen LogP contribution in [0.5, 0.6) is 0 Å². The zero-order valence-corrected chi connectivity index (χ0v) is 9.91. The van der Waals surface area contributed by atoms with Gasteiger partial charge in [-0.25, -0.2) is 14.6 Å². The molecule has 0 saturated carbocycles. The molecule has 0 aromatic carbocycles. The van der Waals surface area contributed by atoms with Crippen molar-refractivity contribution in [3.63, 3.8) is 0 Å². The number of hydrazine groups is 1. The van der Waals surface area contributed by atoms with Gasteiger partial charge < -0.3 is 19.8 Å². The summed E-state index contributed by atoms with van der Waals surface area (Å²) in [4.78, 5) is 24.1. The molecule has 2 rings (SSSR count). The normalized spacial score (nSPS) is 29.3. The Bertz CT molecular complexity index is 331. The molecule has 0 unspecified atom stereocenters. The number of aliphatic hydroxyl groups is 1. The highest BCUT2D eigenvalue weighted by Crippen LogP contribution is 2.18. The number of nitrogens with zero attached hydrogens (tertiary/aromatic N) is 2. The molecular formula is C10H17N3O5. The number of amides is 2. The molecule has 2 aliphatic rings. The lowest BCUT2D eigenvalue weighted by atomic mass is 10.2. The highest BCUT2D eigenvalue weighted by Gasteiger charge is 2.39. The molecule has 2 aliphatic heterocycles. The van der Waals surface area contributed by atoms with E-state index in [0.29, 0.717) is 26.3 Å². The highest BCUT2D eigenvalue weighted by molar-refractivity contribution is 5.83. The van der Waals surface area contributed by atoms with E-state index >= 15 is 0 Å². The molecule has 2 fully saturated rings. The maximum atomic E-state index is 11.9. The Hall–Kier alpha value is -1.38. The number of aliphatic carboxylic acids is 1. The van der Waals surface area contributed by atoms with Gasteiger partial charge in [0.05, 0.1) is 19.3 Å². The van der Waals surface area contributed by atoms with Crippen LogP contribution in [0.2, 0.25) is 0 Å². The van der Waals surface area contributed by atoms with Crippen LogP contribution in [0.1, 0.15) is 6.42 Å². The summed E-state index contributed by atoms with van der Waals surface area (Å²) < 4.78 is 5.14. The number of aliphatic hydroxyl groups excluding tert-OH is 1. The van der Waals surface area contributed by atoms with Crippen molar-refractivity contribution in [2.24, 2.45) is 0 Å². The molecule has 18 heavy (non-hydrogen) atoms. The Kier molecular flexibility index (Phi) is 4.00. The Morgan fingerprint density at radius 1 is 1.28 bits per heavy atom. The van der Waals surface area contributed by atoms with Crippen molar-refractivity contribution in [1.82, 2.24) is 15.3 Å². The summed E-state index contributed by atoms with van der Waals surface area (Å²) >= 11 is 0. The van der Waals surface area contributed by atoms with Gasteiger partial charge in [-0.3, -0.25) is 5.43 Å². The van der Waals surface area contributed by atoms with E-state index in [1.807, 2.05) is 0 Å². The predicted molar refractivity (Wildman–Crippen MR) is 59.7 cm³/mol. The van der Waals surface area contributed by atoms with Crippen LogP contribution >= 0.6 is 0 Å². The Morgan fingerprint density at radius 3 is 2.56 bits per heavy atom. The average Bonchev–Trinajstić information content (AvgIpc) is 2.73. The van der Waals surface area contributed by atoms with E-state index < -0.39 is 24.1 Å². The van der Waals surface area contributed by atoms with Crippen molar-refractivity contribution in [3.8, 4) is 0 Å². The van der Waals surface area contributed by atoms with Crippen molar-refractivity contribution in [3.05, 3.63) is 0 Å². The number of morpholine rings is 1. The maximum absolute atomic E-state index is 11.9. The zero-order chi connectivity index (χ0) is 13.1. The zero-order valence-electron chi connectivity index (χ0n) is 9.91. The standard InChI is InChI=1S/C10H17N3O5/c14-7-5-8(9(15)16)13(6-7)10(17)11-12-1-3-18-4-2-12/h7-8,14H,1-6H2,(H,11,17)(H,15,16)/t7-,8+/m1/s1. The molecule has 8 heteroatoms. The molecule has 0 spiro atoms. The second kappa shape index (κ2) is 5.51. The van der Waals surface area contributed by atoms with Crippen LogP contribution in [-0.4, -0.2) is 77.1 Å². The van der Waals surface area contributed by atoms with Crippen LogP contribution in [0.3, 0.4) is 0 Å². The number of carbonyl (C=O) groups is 2. The minimum absolute atomic E-state index is 0.0488. The van der Waals surface area contributed by atoms with Gasteiger partial charge in [0, 0.05) is 26.1 Å². The summed E-state index contributed by atoms with van der Waals surface area (Å²) in [7, 11) is 0. The molecule has 2 saturated heterocycles. The first-order chi connectivity index (χ1) is 8.58. The summed E-state index contributed by atoms with van der Waals surface area (Å²) in [5, 5.41) is 20.1. The number of likely N-dealkylation sites (tertiary alicyclic amines) is 1. The van der Waals surface area contributed by atoms with Crippen LogP contribution in [0.4, 0.5) is 4.79 Å². The number of carbonyl (C=O) groups excluding carboxylic acids is 1. The van der Waals surface area contributed by atoms with E-state index in [0.717, 1.165) is 4.90 Å². The molecule has 0 radical (unpaired) electrons. The van der Waals surface area contributed by atoms with Crippen LogP contribution in [-0.2, 0) is 9.53 Å². The number of nitrogens with one attached hydrogen (secondary N) is 1. The lowest BCUT2D eigenvalue weighted by Crippen LogP contribution is -2.54. The first kappa shape index (κ1) is 13.1. The van der Waals surface area contributed by atoms with Gasteiger partial charge >= 0.3 is 12.0 Å². The fraction of sp³-hybridized carbons (Fsp3) is 0.800. The first-order valence-electron chi connectivity index (χ1n) is 5.88. The van der Waals surface area contributed by atoms with Crippen molar-refractivity contribution < 1.29 is 24.5 Å². The smallest absolute Gasteiger partial charge is 0.332 e. The fourth-order valence-electron chi connectivity index (χ4n) is 2.15. The topological polar surface area (TPSA) is 102 Å². The Morgan fingerprint density at radius 2 is 1.94 bits per heavy atom. The van der Waals surface area contributed by atoms with Crippen LogP contribution in [0.15, 0.2) is 0 Å². The maximum Gasteiger partial charge on any atom is 0.332 e. The molecular weight excluding hydrogens is 242 g/mol. The van der Waals surface area contributed by atoms with Crippen LogP contribution in [0, 0.1) is 0 Å². The van der Waals surface area contributed by atoms with Gasteiger partial charge in [-0.2, -0.15) is 0 Å². The summed E-state index contributed by atoms with van der Waals surface area (Å²) in [6.45, 7) is 2.25. The van der Waals surface area contributed by atoms with Gasteiger partial charge in [-0.15, -0.1) is 0 Å². The number of carboxylic acids is 1. The summed E-state index contributed by atoms with van der Waals surface area (Å²) in [6.07, 6.45) is -0.701. The van der Waals surface area contributed by atoms with Crippen molar-refractivity contribution in [2.75, 3.05) is 32.8 Å². The number of ether oxygens (including phenoxy) is 1. The molecule has 8 nitrogen and oxygen atoms in total. The largest absolute Gasteiger partial charge is 0.480 e. The lowest BCUT2D eigenvalue weighted by Gasteiger charge is -2.30. The monoisotopic (exact) mass is 259 g/mol. The fourth-order valence-corrected chi connectivity index (χ4v) is 2.15. The molecule has 2 amide bonds. The lowest BCUT2D eigenvalue weighted by molar-refractivity contribution is -0.141. The quantitative estimate of drug-likeness (QED) is 0.555. The highest BCUT2D eigenvalue weighted by atomic mass is 16.5. The average molecular weight is 259 g/mol. The molecule has 0 aromatic heterocycles. The second-order valence-electron chi connectivity index (χ2n) is 4.41. The van der Waals surface area contributed by atoms with Gasteiger partial charge in [-0.1, -0.05) is 0 Å². The number of rotatable bonds is 2. The summed E-state index contributed by atoms with van der Waals surface area (Å²) in [6, 6.07) is -1.44. The number of hydrogen-bond donors (Lipinski definition) is 3.